The van der Waals surface area contributed by atoms with Crippen LogP contribution < -0.4 is 10.2 Å². The third-order valence-electron chi connectivity index (χ3n) is 4.50. The second kappa shape index (κ2) is 8.40. The van der Waals surface area contributed by atoms with Gasteiger partial charge in [0.05, 0.1) is 5.75 Å². The number of amides is 2. The van der Waals surface area contributed by atoms with Gasteiger partial charge < -0.3 is 10.2 Å². The SMILES string of the molecule is O=C(Nc1ccc(SCC(=O)N2CCc3ccccc32)nn1)c1cccc(F)c1. The number of benzene rings is 2. The molecule has 4 rings (SSSR count). The largest absolute Gasteiger partial charge is 0.311 e. The summed E-state index contributed by atoms with van der Waals surface area (Å²) in [6.45, 7) is 0.690. The van der Waals surface area contributed by atoms with Crippen molar-refractivity contribution in [1.29, 1.82) is 0 Å². The molecule has 0 spiro atoms. The Bertz CT molecular complexity index is 1060. The number of nitrogens with zero attached hydrogens (tertiary/aromatic N) is 3. The maximum atomic E-state index is 13.2. The van der Waals surface area contributed by atoms with Gasteiger partial charge in [0.25, 0.3) is 5.91 Å². The van der Waals surface area contributed by atoms with Gasteiger partial charge >= 0.3 is 0 Å². The molecule has 146 valence electrons. The summed E-state index contributed by atoms with van der Waals surface area (Å²) in [5.41, 5.74) is 2.35. The molecule has 1 aliphatic rings. The van der Waals surface area contributed by atoms with Crippen molar-refractivity contribution < 1.29 is 14.0 Å². The van der Waals surface area contributed by atoms with E-state index in [9.17, 15) is 14.0 Å². The Labute approximate surface area is 171 Å². The van der Waals surface area contributed by atoms with Crippen molar-refractivity contribution in [3.63, 3.8) is 0 Å². The number of hydrogen-bond acceptors (Lipinski definition) is 5. The second-order valence-electron chi connectivity index (χ2n) is 6.43. The van der Waals surface area contributed by atoms with Crippen LogP contribution in [0.3, 0.4) is 0 Å². The molecule has 1 aliphatic heterocycles. The van der Waals surface area contributed by atoms with Crippen molar-refractivity contribution in [2.75, 3.05) is 22.5 Å². The molecule has 6 nitrogen and oxygen atoms in total. The number of anilines is 2. The molecule has 1 N–H and O–H groups in total. The molecule has 3 aromatic rings. The summed E-state index contributed by atoms with van der Waals surface area (Å²) < 4.78 is 13.2. The Morgan fingerprint density at radius 3 is 2.72 bits per heavy atom. The van der Waals surface area contributed by atoms with Crippen molar-refractivity contribution >= 4 is 35.1 Å². The summed E-state index contributed by atoms with van der Waals surface area (Å²) in [5.74, 6) is -0.436. The molecule has 2 heterocycles. The highest BCUT2D eigenvalue weighted by atomic mass is 32.2. The molecule has 0 atom stereocenters. The van der Waals surface area contributed by atoms with Crippen LogP contribution in [0, 0.1) is 5.82 Å². The number of rotatable bonds is 5. The maximum absolute atomic E-state index is 13.2. The summed E-state index contributed by atoms with van der Waals surface area (Å²) in [7, 11) is 0. The van der Waals surface area contributed by atoms with Crippen molar-refractivity contribution in [1.82, 2.24) is 10.2 Å². The van der Waals surface area contributed by atoms with Crippen LogP contribution in [-0.2, 0) is 11.2 Å². The van der Waals surface area contributed by atoms with Gasteiger partial charge in [0.1, 0.15) is 10.8 Å². The fraction of sp³-hybridized carbons (Fsp3) is 0.143. The topological polar surface area (TPSA) is 75.2 Å². The third kappa shape index (κ3) is 4.43. The van der Waals surface area contributed by atoms with Gasteiger partial charge in [0, 0.05) is 17.8 Å². The Hall–Kier alpha value is -3.26. The summed E-state index contributed by atoms with van der Waals surface area (Å²) in [4.78, 5) is 26.5. The number of carbonyl (C=O) groups is 2. The molecule has 0 aliphatic carbocycles. The zero-order chi connectivity index (χ0) is 20.2. The number of hydrogen-bond donors (Lipinski definition) is 1. The van der Waals surface area contributed by atoms with Crippen LogP contribution in [-0.4, -0.2) is 34.3 Å². The van der Waals surface area contributed by atoms with Crippen LogP contribution in [0.1, 0.15) is 15.9 Å². The monoisotopic (exact) mass is 408 g/mol. The van der Waals surface area contributed by atoms with E-state index in [0.29, 0.717) is 11.6 Å². The van der Waals surface area contributed by atoms with E-state index in [0.717, 1.165) is 18.2 Å². The first-order valence-electron chi connectivity index (χ1n) is 9.02. The zero-order valence-corrected chi connectivity index (χ0v) is 16.2. The lowest BCUT2D eigenvalue weighted by Crippen LogP contribution is -2.30. The van der Waals surface area contributed by atoms with Gasteiger partial charge in [-0.25, -0.2) is 4.39 Å². The predicted molar refractivity (Wildman–Crippen MR) is 110 cm³/mol. The van der Waals surface area contributed by atoms with Crippen molar-refractivity contribution in [3.8, 4) is 0 Å². The summed E-state index contributed by atoms with van der Waals surface area (Å²) in [5, 5.41) is 11.1. The lowest BCUT2D eigenvalue weighted by atomic mass is 10.2. The highest BCUT2D eigenvalue weighted by Gasteiger charge is 2.24. The van der Waals surface area contributed by atoms with Gasteiger partial charge in [-0.1, -0.05) is 36.0 Å². The van der Waals surface area contributed by atoms with Gasteiger partial charge in [-0.2, -0.15) is 0 Å². The quantitative estimate of drug-likeness (QED) is 0.654. The van der Waals surface area contributed by atoms with Crippen LogP contribution in [0.5, 0.6) is 0 Å². The molecule has 0 radical (unpaired) electrons. The number of para-hydroxylation sites is 1. The Kier molecular flexibility index (Phi) is 5.53. The number of fused-ring (bicyclic) bond motifs is 1. The molecule has 0 fully saturated rings. The lowest BCUT2D eigenvalue weighted by Gasteiger charge is -2.16. The minimum absolute atomic E-state index is 0.0187. The van der Waals surface area contributed by atoms with E-state index >= 15 is 0 Å². The van der Waals surface area contributed by atoms with Crippen molar-refractivity contribution in [3.05, 3.63) is 77.6 Å². The van der Waals surface area contributed by atoms with Crippen molar-refractivity contribution in [2.24, 2.45) is 0 Å². The summed E-state index contributed by atoms with van der Waals surface area (Å²) in [6.07, 6.45) is 0.867. The van der Waals surface area contributed by atoms with E-state index in [2.05, 4.69) is 15.5 Å². The first-order chi connectivity index (χ1) is 14.1. The smallest absolute Gasteiger partial charge is 0.256 e. The van der Waals surface area contributed by atoms with E-state index < -0.39 is 11.7 Å². The molecular weight excluding hydrogens is 391 g/mol. The third-order valence-corrected chi connectivity index (χ3v) is 5.41. The molecule has 0 unspecified atom stereocenters. The Morgan fingerprint density at radius 2 is 1.93 bits per heavy atom. The molecule has 2 aromatic carbocycles. The van der Waals surface area contributed by atoms with E-state index in [-0.39, 0.29) is 23.0 Å². The molecule has 0 saturated heterocycles. The van der Waals surface area contributed by atoms with E-state index in [4.69, 9.17) is 0 Å². The fourth-order valence-corrected chi connectivity index (χ4v) is 3.78. The number of carbonyl (C=O) groups excluding carboxylic acids is 2. The highest BCUT2D eigenvalue weighted by molar-refractivity contribution is 7.99. The molecule has 29 heavy (non-hydrogen) atoms. The van der Waals surface area contributed by atoms with Crippen LogP contribution >= 0.6 is 11.8 Å². The van der Waals surface area contributed by atoms with Gasteiger partial charge in [-0.05, 0) is 48.4 Å². The fourth-order valence-electron chi connectivity index (χ4n) is 3.09. The van der Waals surface area contributed by atoms with Crippen LogP contribution in [0.15, 0.2) is 65.7 Å². The number of aromatic nitrogens is 2. The predicted octanol–water partition coefficient (Wildman–Crippen LogP) is 3.55. The molecule has 2 amide bonds. The summed E-state index contributed by atoms with van der Waals surface area (Å²) in [6, 6.07) is 16.6. The summed E-state index contributed by atoms with van der Waals surface area (Å²) >= 11 is 1.29. The van der Waals surface area contributed by atoms with E-state index in [1.807, 2.05) is 24.3 Å². The molecule has 0 bridgehead atoms. The van der Waals surface area contributed by atoms with Crippen LogP contribution in [0.4, 0.5) is 15.9 Å². The number of nitrogens with one attached hydrogen (secondary N) is 1. The van der Waals surface area contributed by atoms with Crippen LogP contribution in [0.25, 0.3) is 0 Å². The molecule has 8 heteroatoms. The second-order valence-corrected chi connectivity index (χ2v) is 7.43. The molecular formula is C21H17FN4O2S. The minimum Gasteiger partial charge on any atom is -0.311 e. The van der Waals surface area contributed by atoms with E-state index in [1.54, 1.807) is 17.0 Å². The number of thioether (sulfide) groups is 1. The standard InChI is InChI=1S/C21H17FN4O2S/c22-16-6-3-5-15(12-16)21(28)23-18-8-9-19(25-24-18)29-13-20(27)26-11-10-14-4-1-2-7-17(14)26/h1-9,12H,10-11,13H2,(H,23,24,28). The van der Waals surface area contributed by atoms with Crippen molar-refractivity contribution in [2.45, 2.75) is 11.4 Å². The van der Waals surface area contributed by atoms with E-state index in [1.165, 1.54) is 35.5 Å². The minimum atomic E-state index is -0.485. The maximum Gasteiger partial charge on any atom is 0.256 e. The highest BCUT2D eigenvalue weighted by Crippen LogP contribution is 2.28. The molecule has 1 aromatic heterocycles. The number of halogens is 1. The first-order valence-corrected chi connectivity index (χ1v) is 10.0. The zero-order valence-electron chi connectivity index (χ0n) is 15.3. The average molecular weight is 408 g/mol. The molecule has 0 saturated carbocycles. The first kappa shape index (κ1) is 19.1. The van der Waals surface area contributed by atoms with Gasteiger partial charge in [0.2, 0.25) is 5.91 Å². The average Bonchev–Trinajstić information content (AvgIpc) is 3.17. The normalized spacial score (nSPS) is 12.5. The van der Waals surface area contributed by atoms with Crippen LogP contribution in [0.2, 0.25) is 0 Å². The van der Waals surface area contributed by atoms with Gasteiger partial charge in [-0.3, -0.25) is 9.59 Å². The lowest BCUT2D eigenvalue weighted by molar-refractivity contribution is -0.116. The van der Waals surface area contributed by atoms with Gasteiger partial charge in [-0.15, -0.1) is 10.2 Å². The van der Waals surface area contributed by atoms with Gasteiger partial charge in [0.15, 0.2) is 5.82 Å². The Balaban J connectivity index is 1.33. The Morgan fingerprint density at radius 1 is 1.07 bits per heavy atom.